The molecule has 0 saturated heterocycles. The molecule has 4 nitrogen and oxygen atoms in total. The van der Waals surface area contributed by atoms with E-state index in [0.717, 1.165) is 25.0 Å². The molecule has 3 N–H and O–H groups in total. The maximum atomic E-state index is 10.6. The van der Waals surface area contributed by atoms with E-state index in [1.807, 2.05) is 12.1 Å². The third-order valence-electron chi connectivity index (χ3n) is 3.16. The van der Waals surface area contributed by atoms with Crippen LogP contribution in [0.4, 0.5) is 13.2 Å². The molecule has 0 atom stereocenters. The molecule has 2 aromatic rings. The smallest absolute Gasteiger partial charge is 0.475 e. The number of aromatic nitrogens is 1. The van der Waals surface area contributed by atoms with E-state index in [1.165, 1.54) is 16.6 Å². The summed E-state index contributed by atoms with van der Waals surface area (Å²) >= 11 is 12.1. The summed E-state index contributed by atoms with van der Waals surface area (Å²) < 4.78 is 31.7. The van der Waals surface area contributed by atoms with Gasteiger partial charge in [-0.25, -0.2) is 4.79 Å². The molecule has 22 heavy (non-hydrogen) atoms. The number of carbonyl (C=O) groups is 1. The summed E-state index contributed by atoms with van der Waals surface area (Å²) in [5, 5.41) is 12.9. The van der Waals surface area contributed by atoms with Crippen molar-refractivity contribution in [2.75, 3.05) is 6.54 Å². The van der Waals surface area contributed by atoms with Crippen LogP contribution in [0.3, 0.4) is 0 Å². The van der Waals surface area contributed by atoms with Crippen LogP contribution in [0.15, 0.2) is 12.1 Å². The number of fused-ring (bicyclic) bond motifs is 3. The molecular weight excluding hydrogens is 344 g/mol. The first-order valence-electron chi connectivity index (χ1n) is 6.20. The molecule has 120 valence electrons. The lowest BCUT2D eigenvalue weighted by atomic mass is 10.1. The van der Waals surface area contributed by atoms with Crippen LogP contribution in [0.2, 0.25) is 10.0 Å². The van der Waals surface area contributed by atoms with Crippen LogP contribution >= 0.6 is 23.2 Å². The number of hydrogen-bond donors (Lipinski definition) is 3. The molecule has 0 amide bonds. The first kappa shape index (κ1) is 16.9. The van der Waals surface area contributed by atoms with Gasteiger partial charge >= 0.3 is 12.1 Å². The van der Waals surface area contributed by atoms with E-state index in [-0.39, 0.29) is 0 Å². The van der Waals surface area contributed by atoms with Gasteiger partial charge < -0.3 is 15.4 Å². The predicted octanol–water partition coefficient (Wildman–Crippen LogP) is 3.75. The number of halogens is 5. The Morgan fingerprint density at radius 2 is 1.91 bits per heavy atom. The molecule has 9 heteroatoms. The number of carboxylic acids is 1. The van der Waals surface area contributed by atoms with Crippen molar-refractivity contribution in [3.8, 4) is 0 Å². The second-order valence-electron chi connectivity index (χ2n) is 4.60. The van der Waals surface area contributed by atoms with Gasteiger partial charge in [0.2, 0.25) is 0 Å². The average molecular weight is 355 g/mol. The zero-order valence-corrected chi connectivity index (χ0v) is 12.5. The minimum atomic E-state index is -5.08. The summed E-state index contributed by atoms with van der Waals surface area (Å²) in [4.78, 5) is 12.3. The van der Waals surface area contributed by atoms with Gasteiger partial charge in [-0.2, -0.15) is 13.2 Å². The van der Waals surface area contributed by atoms with Gasteiger partial charge in [-0.1, -0.05) is 29.3 Å². The van der Waals surface area contributed by atoms with E-state index in [1.54, 1.807) is 0 Å². The maximum Gasteiger partial charge on any atom is 0.490 e. The molecule has 2 heterocycles. The Bertz CT molecular complexity index is 713. The summed E-state index contributed by atoms with van der Waals surface area (Å²) in [7, 11) is 0. The van der Waals surface area contributed by atoms with E-state index >= 15 is 0 Å². The molecule has 0 bridgehead atoms. The number of rotatable bonds is 0. The monoisotopic (exact) mass is 354 g/mol. The molecule has 1 aliphatic rings. The van der Waals surface area contributed by atoms with Crippen molar-refractivity contribution in [3.63, 3.8) is 0 Å². The van der Waals surface area contributed by atoms with Crippen LogP contribution in [-0.2, 0) is 17.8 Å². The minimum Gasteiger partial charge on any atom is -0.475 e. The van der Waals surface area contributed by atoms with E-state index < -0.39 is 12.1 Å². The number of aromatic amines is 1. The second kappa shape index (κ2) is 6.36. The highest BCUT2D eigenvalue weighted by molar-refractivity contribution is 6.45. The summed E-state index contributed by atoms with van der Waals surface area (Å²) in [5.41, 5.74) is 3.58. The lowest BCUT2D eigenvalue weighted by Crippen LogP contribution is -2.22. The van der Waals surface area contributed by atoms with Crippen molar-refractivity contribution in [2.45, 2.75) is 19.1 Å². The molecule has 1 aromatic carbocycles. The van der Waals surface area contributed by atoms with Crippen molar-refractivity contribution in [3.05, 3.63) is 33.4 Å². The Morgan fingerprint density at radius 3 is 2.50 bits per heavy atom. The van der Waals surface area contributed by atoms with Gasteiger partial charge in [0.25, 0.3) is 0 Å². The van der Waals surface area contributed by atoms with E-state index in [0.29, 0.717) is 10.0 Å². The molecule has 1 aromatic heterocycles. The first-order chi connectivity index (χ1) is 10.2. The number of aliphatic carboxylic acids is 1. The van der Waals surface area contributed by atoms with Gasteiger partial charge in [-0.3, -0.25) is 0 Å². The highest BCUT2D eigenvalue weighted by Gasteiger charge is 2.38. The van der Waals surface area contributed by atoms with Crippen LogP contribution in [-0.4, -0.2) is 28.8 Å². The number of hydrogen-bond acceptors (Lipinski definition) is 2. The third kappa shape index (κ3) is 3.48. The first-order valence-corrected chi connectivity index (χ1v) is 6.95. The largest absolute Gasteiger partial charge is 0.490 e. The molecule has 1 aliphatic heterocycles. The lowest BCUT2D eigenvalue weighted by molar-refractivity contribution is -0.192. The Morgan fingerprint density at radius 1 is 1.27 bits per heavy atom. The van der Waals surface area contributed by atoms with E-state index in [4.69, 9.17) is 33.1 Å². The van der Waals surface area contributed by atoms with Crippen molar-refractivity contribution in [1.82, 2.24) is 10.3 Å². The van der Waals surface area contributed by atoms with Crippen molar-refractivity contribution in [1.29, 1.82) is 0 Å². The molecule has 0 aliphatic carbocycles. The van der Waals surface area contributed by atoms with E-state index in [9.17, 15) is 13.2 Å². The van der Waals surface area contributed by atoms with Gasteiger partial charge in [0, 0.05) is 30.6 Å². The van der Waals surface area contributed by atoms with Crippen LogP contribution in [0.5, 0.6) is 0 Å². The Balaban J connectivity index is 0.000000217. The molecule has 0 unspecified atom stereocenters. The standard InChI is InChI=1S/C11H10Cl2N2.C2HF3O2/c12-8-2-1-6-7-5-14-4-3-9(7)15-11(6)10(8)13;3-2(4,5)1(6)7/h1-2,14-15H,3-5H2;(H,6,7). The fraction of sp³-hybridized carbons (Fsp3) is 0.308. The van der Waals surface area contributed by atoms with Crippen LogP contribution < -0.4 is 5.32 Å². The van der Waals surface area contributed by atoms with Gasteiger partial charge in [0.1, 0.15) is 0 Å². The molecule has 0 fully saturated rings. The Kier molecular flexibility index (Phi) is 4.89. The van der Waals surface area contributed by atoms with Gasteiger partial charge in [0.05, 0.1) is 15.6 Å². The molecule has 0 spiro atoms. The third-order valence-corrected chi connectivity index (χ3v) is 3.96. The molecule has 3 rings (SSSR count). The lowest BCUT2D eigenvalue weighted by Gasteiger charge is -2.12. The fourth-order valence-corrected chi connectivity index (χ4v) is 2.52. The highest BCUT2D eigenvalue weighted by Crippen LogP contribution is 2.34. The number of nitrogens with one attached hydrogen (secondary N) is 2. The van der Waals surface area contributed by atoms with Crippen LogP contribution in [0.1, 0.15) is 11.3 Å². The average Bonchev–Trinajstić information content (AvgIpc) is 2.82. The van der Waals surface area contributed by atoms with Crippen molar-refractivity contribution < 1.29 is 23.1 Å². The zero-order valence-electron chi connectivity index (χ0n) is 11.0. The molecule has 0 radical (unpaired) electrons. The Hall–Kier alpha value is -1.44. The van der Waals surface area contributed by atoms with Gasteiger partial charge in [-0.05, 0) is 11.6 Å². The summed E-state index contributed by atoms with van der Waals surface area (Å²) in [6.45, 7) is 1.93. The number of carboxylic acid groups (broad SMARTS) is 1. The SMILES string of the molecule is Clc1ccc2c3c([nH]c2c1Cl)CCNC3.O=C(O)C(F)(F)F. The maximum absolute atomic E-state index is 10.6. The van der Waals surface area contributed by atoms with Gasteiger partial charge in [0.15, 0.2) is 0 Å². The summed E-state index contributed by atoms with van der Waals surface area (Å²) in [5.74, 6) is -2.76. The normalized spacial score (nSPS) is 14.2. The molecular formula is C13H11Cl2F3N2O2. The quantitative estimate of drug-likeness (QED) is 0.674. The topological polar surface area (TPSA) is 65.1 Å². The van der Waals surface area contributed by atoms with Crippen molar-refractivity contribution in [2.24, 2.45) is 0 Å². The zero-order chi connectivity index (χ0) is 16.5. The van der Waals surface area contributed by atoms with Gasteiger partial charge in [-0.15, -0.1) is 0 Å². The minimum absolute atomic E-state index is 0.607. The van der Waals surface area contributed by atoms with Crippen LogP contribution in [0, 0.1) is 0 Å². The number of alkyl halides is 3. The highest BCUT2D eigenvalue weighted by atomic mass is 35.5. The predicted molar refractivity (Wildman–Crippen MR) is 77.4 cm³/mol. The van der Waals surface area contributed by atoms with Crippen molar-refractivity contribution >= 4 is 40.1 Å². The van der Waals surface area contributed by atoms with Crippen LogP contribution in [0.25, 0.3) is 10.9 Å². The number of H-pyrrole nitrogens is 1. The summed E-state index contributed by atoms with van der Waals surface area (Å²) in [6.07, 6.45) is -4.06. The molecule has 0 saturated carbocycles. The summed E-state index contributed by atoms with van der Waals surface area (Å²) in [6, 6.07) is 3.89. The fourth-order valence-electron chi connectivity index (χ4n) is 2.16. The number of benzene rings is 1. The van der Waals surface area contributed by atoms with E-state index in [2.05, 4.69) is 10.3 Å². The second-order valence-corrected chi connectivity index (χ2v) is 5.38. The Labute approximate surface area is 133 Å².